The molecule has 1 aliphatic carbocycles. The van der Waals surface area contributed by atoms with E-state index in [9.17, 15) is 5.21 Å². The summed E-state index contributed by atoms with van der Waals surface area (Å²) >= 11 is 8.54. The van der Waals surface area contributed by atoms with E-state index in [1.165, 1.54) is 36.8 Å². The predicted molar refractivity (Wildman–Crippen MR) is 108 cm³/mol. The Morgan fingerprint density at radius 1 is 1.00 bits per heavy atom. The van der Waals surface area contributed by atoms with E-state index in [0.29, 0.717) is 5.02 Å². The highest BCUT2D eigenvalue weighted by atomic mass is 35.5. The van der Waals surface area contributed by atoms with Crippen LogP contribution in [0.25, 0.3) is 22.2 Å². The molecule has 1 aromatic heterocycles. The average molecular weight is 372 g/mol. The molecule has 3 aromatic rings. The molecule has 0 atom stereocenters. The van der Waals surface area contributed by atoms with Gasteiger partial charge in [0.25, 0.3) is 0 Å². The standard InChI is InChI=1S/C21H22ClNOS/c22-18-12-7-13-19-20(18)17(14-25-16-10-5-2-6-11-16)21(23(19)24)15-8-3-1-4-9-15/h1,3-4,7-9,12-13,16,24H,2,5-6,10-11,14H2. The Bertz CT molecular complexity index is 868. The number of aromatic nitrogens is 1. The van der Waals surface area contributed by atoms with Crippen LogP contribution < -0.4 is 0 Å². The van der Waals surface area contributed by atoms with Crippen molar-refractivity contribution >= 4 is 34.3 Å². The number of hydrogen-bond donors (Lipinski definition) is 1. The molecule has 0 amide bonds. The first-order valence-corrected chi connectivity index (χ1v) is 10.4. The molecule has 0 aliphatic heterocycles. The molecule has 0 unspecified atom stereocenters. The molecule has 25 heavy (non-hydrogen) atoms. The molecule has 2 aromatic carbocycles. The van der Waals surface area contributed by atoms with Crippen molar-refractivity contribution in [3.05, 3.63) is 59.1 Å². The van der Waals surface area contributed by atoms with E-state index in [4.69, 9.17) is 11.6 Å². The van der Waals surface area contributed by atoms with Gasteiger partial charge in [0.2, 0.25) is 0 Å². The highest BCUT2D eigenvalue weighted by Crippen LogP contribution is 2.40. The Hall–Kier alpha value is -1.58. The van der Waals surface area contributed by atoms with Crippen molar-refractivity contribution in [3.8, 4) is 11.3 Å². The van der Waals surface area contributed by atoms with E-state index >= 15 is 0 Å². The lowest BCUT2D eigenvalue weighted by atomic mass is 10.0. The van der Waals surface area contributed by atoms with E-state index in [1.54, 1.807) is 0 Å². The van der Waals surface area contributed by atoms with E-state index in [1.807, 2.05) is 60.3 Å². The van der Waals surface area contributed by atoms with Gasteiger partial charge in [-0.15, -0.1) is 0 Å². The zero-order valence-corrected chi connectivity index (χ0v) is 15.7. The molecule has 0 radical (unpaired) electrons. The summed E-state index contributed by atoms with van der Waals surface area (Å²) in [7, 11) is 0. The lowest BCUT2D eigenvalue weighted by Crippen LogP contribution is -2.08. The zero-order valence-electron chi connectivity index (χ0n) is 14.1. The van der Waals surface area contributed by atoms with Gasteiger partial charge in [-0.2, -0.15) is 16.5 Å². The van der Waals surface area contributed by atoms with E-state index in [0.717, 1.165) is 38.7 Å². The Kier molecular flexibility index (Phi) is 4.96. The topological polar surface area (TPSA) is 25.2 Å². The normalized spacial score (nSPS) is 15.7. The number of nitrogens with zero attached hydrogens (tertiary/aromatic N) is 1. The maximum absolute atomic E-state index is 10.8. The molecular formula is C21H22ClNOS. The van der Waals surface area contributed by atoms with E-state index < -0.39 is 0 Å². The monoisotopic (exact) mass is 371 g/mol. The molecule has 130 valence electrons. The predicted octanol–water partition coefficient (Wildman–Crippen LogP) is 6.76. The van der Waals surface area contributed by atoms with Gasteiger partial charge in [0.1, 0.15) is 0 Å². The summed E-state index contributed by atoms with van der Waals surface area (Å²) in [5.41, 5.74) is 3.82. The van der Waals surface area contributed by atoms with Gasteiger partial charge in [-0.3, -0.25) is 0 Å². The number of benzene rings is 2. The van der Waals surface area contributed by atoms with E-state index in [2.05, 4.69) is 0 Å². The van der Waals surface area contributed by atoms with Crippen molar-refractivity contribution in [3.63, 3.8) is 0 Å². The summed E-state index contributed by atoms with van der Waals surface area (Å²) in [6.07, 6.45) is 6.65. The minimum Gasteiger partial charge on any atom is -0.428 e. The first-order chi connectivity index (χ1) is 12.3. The number of hydrogen-bond acceptors (Lipinski definition) is 2. The zero-order chi connectivity index (χ0) is 17.2. The summed E-state index contributed by atoms with van der Waals surface area (Å²) < 4.78 is 1.31. The van der Waals surface area contributed by atoms with Crippen LogP contribution in [0.2, 0.25) is 5.02 Å². The van der Waals surface area contributed by atoms with Gasteiger partial charge in [0, 0.05) is 27.5 Å². The summed E-state index contributed by atoms with van der Waals surface area (Å²) in [4.78, 5) is 0. The molecule has 2 nitrogen and oxygen atoms in total. The molecule has 1 N–H and O–H groups in total. The van der Waals surface area contributed by atoms with Gasteiger partial charge in [-0.1, -0.05) is 67.3 Å². The van der Waals surface area contributed by atoms with Crippen molar-refractivity contribution < 1.29 is 5.21 Å². The lowest BCUT2D eigenvalue weighted by Gasteiger charge is -2.21. The third-order valence-electron chi connectivity index (χ3n) is 5.08. The van der Waals surface area contributed by atoms with Crippen LogP contribution in [-0.2, 0) is 5.75 Å². The molecule has 1 heterocycles. The SMILES string of the molecule is On1c(-c2ccccc2)c(CSC2CCCCC2)c2c(Cl)cccc21. The fourth-order valence-corrected chi connectivity index (χ4v) is 5.45. The van der Waals surface area contributed by atoms with Crippen LogP contribution in [0.1, 0.15) is 37.7 Å². The number of fused-ring (bicyclic) bond motifs is 1. The molecule has 1 fully saturated rings. The van der Waals surface area contributed by atoms with Crippen molar-refractivity contribution in [2.24, 2.45) is 0 Å². The Labute approximate surface area is 157 Å². The summed E-state index contributed by atoms with van der Waals surface area (Å²) in [6, 6.07) is 15.8. The molecular weight excluding hydrogens is 350 g/mol. The molecule has 1 aliphatic rings. The van der Waals surface area contributed by atoms with Crippen LogP contribution in [-0.4, -0.2) is 15.2 Å². The summed E-state index contributed by atoms with van der Waals surface area (Å²) in [6.45, 7) is 0. The molecule has 0 spiro atoms. The second kappa shape index (κ2) is 7.35. The smallest absolute Gasteiger partial charge is 0.0919 e. The highest BCUT2D eigenvalue weighted by Gasteiger charge is 2.22. The van der Waals surface area contributed by atoms with Crippen molar-refractivity contribution in [1.82, 2.24) is 4.73 Å². The third-order valence-corrected chi connectivity index (χ3v) is 6.80. The minimum atomic E-state index is 0.710. The van der Waals surface area contributed by atoms with Crippen molar-refractivity contribution in [2.75, 3.05) is 0 Å². The van der Waals surface area contributed by atoms with Crippen molar-refractivity contribution in [1.29, 1.82) is 0 Å². The average Bonchev–Trinajstić information content (AvgIpc) is 2.95. The summed E-state index contributed by atoms with van der Waals surface area (Å²) in [5, 5.41) is 13.2. The minimum absolute atomic E-state index is 0.710. The first kappa shape index (κ1) is 16.9. The van der Waals surface area contributed by atoms with Crippen LogP contribution in [0.5, 0.6) is 0 Å². The van der Waals surface area contributed by atoms with Gasteiger partial charge in [-0.25, -0.2) is 0 Å². The number of thioether (sulfide) groups is 1. The van der Waals surface area contributed by atoms with Crippen LogP contribution in [0.4, 0.5) is 0 Å². The molecule has 4 heteroatoms. The number of rotatable bonds is 4. The van der Waals surface area contributed by atoms with Crippen LogP contribution in [0, 0.1) is 0 Å². The van der Waals surface area contributed by atoms with Crippen LogP contribution >= 0.6 is 23.4 Å². The first-order valence-electron chi connectivity index (χ1n) is 8.94. The molecule has 4 rings (SSSR count). The van der Waals surface area contributed by atoms with Gasteiger partial charge in [-0.05, 0) is 25.0 Å². The van der Waals surface area contributed by atoms with Crippen LogP contribution in [0.3, 0.4) is 0 Å². The summed E-state index contributed by atoms with van der Waals surface area (Å²) in [5.74, 6) is 0.878. The Morgan fingerprint density at radius 2 is 1.76 bits per heavy atom. The van der Waals surface area contributed by atoms with Gasteiger partial charge in [0.05, 0.1) is 16.2 Å². The fourth-order valence-electron chi connectivity index (χ4n) is 3.82. The van der Waals surface area contributed by atoms with Gasteiger partial charge in [0.15, 0.2) is 0 Å². The largest absolute Gasteiger partial charge is 0.428 e. The Balaban J connectivity index is 1.79. The maximum Gasteiger partial charge on any atom is 0.0919 e. The van der Waals surface area contributed by atoms with Crippen LogP contribution in [0.15, 0.2) is 48.5 Å². The van der Waals surface area contributed by atoms with Gasteiger partial charge >= 0.3 is 0 Å². The van der Waals surface area contributed by atoms with Crippen molar-refractivity contribution in [2.45, 2.75) is 43.1 Å². The quantitative estimate of drug-likeness (QED) is 0.512. The molecule has 1 saturated carbocycles. The Morgan fingerprint density at radius 3 is 2.52 bits per heavy atom. The lowest BCUT2D eigenvalue weighted by molar-refractivity contribution is 0.204. The number of halogens is 1. The third kappa shape index (κ3) is 3.28. The second-order valence-corrected chi connectivity index (χ2v) is 8.41. The highest BCUT2D eigenvalue weighted by molar-refractivity contribution is 7.99. The fraction of sp³-hybridized carbons (Fsp3) is 0.333. The van der Waals surface area contributed by atoms with Gasteiger partial charge < -0.3 is 5.21 Å². The second-order valence-electron chi connectivity index (χ2n) is 6.71. The van der Waals surface area contributed by atoms with E-state index in [-0.39, 0.29) is 0 Å². The molecule has 0 bridgehead atoms. The maximum atomic E-state index is 10.8. The molecule has 0 saturated heterocycles.